The Labute approximate surface area is 300 Å². The first-order valence-electron chi connectivity index (χ1n) is 16.8. The van der Waals surface area contributed by atoms with Crippen LogP contribution >= 0.6 is 0 Å². The van der Waals surface area contributed by atoms with Gasteiger partial charge in [0.1, 0.15) is 23.1 Å². The van der Waals surface area contributed by atoms with Crippen LogP contribution in [0, 0.1) is 0 Å². The van der Waals surface area contributed by atoms with Crippen molar-refractivity contribution in [1.29, 1.82) is 0 Å². The predicted molar refractivity (Wildman–Crippen MR) is 206 cm³/mol. The van der Waals surface area contributed by atoms with Gasteiger partial charge in [-0.15, -0.1) is 0 Å². The number of amides is 2. The summed E-state index contributed by atoms with van der Waals surface area (Å²) < 4.78 is 0. The summed E-state index contributed by atoms with van der Waals surface area (Å²) in [5, 5.41) is 0. The molecule has 248 valence electrons. The van der Waals surface area contributed by atoms with Crippen LogP contribution in [0.4, 0.5) is 11.4 Å². The number of ketones is 1. The lowest BCUT2D eigenvalue weighted by atomic mass is 10.0. The van der Waals surface area contributed by atoms with Gasteiger partial charge in [0, 0.05) is 22.3 Å². The van der Waals surface area contributed by atoms with Gasteiger partial charge in [-0.1, -0.05) is 152 Å². The molecule has 7 heteroatoms. The predicted octanol–water partition coefficient (Wildman–Crippen LogP) is 8.59. The van der Waals surface area contributed by atoms with Crippen molar-refractivity contribution in [1.82, 2.24) is 0 Å². The minimum Gasteiger partial charge on any atom is -0.289 e. The SMILES string of the molecule is O=C(c1ccccc1)c1ccc(N2C(=O)/C(=C/c3ccccc3)N=C2c2ccccc2)c(N2C(=O)/C(=C/c3ccccc3)N=C2c2ccccc2)c1. The number of carbonyl (C=O) groups is 3. The van der Waals surface area contributed by atoms with Crippen LogP contribution in [0.25, 0.3) is 12.2 Å². The Balaban J connectivity index is 1.34. The largest absolute Gasteiger partial charge is 0.289 e. The third-order valence-corrected chi connectivity index (χ3v) is 8.75. The van der Waals surface area contributed by atoms with Crippen molar-refractivity contribution in [2.75, 3.05) is 9.80 Å². The van der Waals surface area contributed by atoms with Crippen LogP contribution in [0.1, 0.15) is 38.2 Å². The lowest BCUT2D eigenvalue weighted by Crippen LogP contribution is -2.38. The van der Waals surface area contributed by atoms with Crippen molar-refractivity contribution in [2.45, 2.75) is 0 Å². The Kier molecular flexibility index (Phi) is 8.57. The molecular weight excluding hydrogens is 645 g/mol. The number of aliphatic imine (C=N–C) groups is 2. The number of hydrogen-bond acceptors (Lipinski definition) is 5. The van der Waals surface area contributed by atoms with Gasteiger partial charge in [-0.05, 0) is 41.5 Å². The molecule has 0 bridgehead atoms. The fourth-order valence-corrected chi connectivity index (χ4v) is 6.25. The number of amidine groups is 2. The van der Waals surface area contributed by atoms with Crippen molar-refractivity contribution in [3.05, 3.63) is 215 Å². The molecule has 0 aliphatic carbocycles. The normalized spacial score (nSPS) is 15.7. The topological polar surface area (TPSA) is 82.4 Å². The number of nitrogens with zero attached hydrogens (tertiary/aromatic N) is 4. The Morgan fingerprint density at radius 2 is 0.846 bits per heavy atom. The average Bonchev–Trinajstić information content (AvgIpc) is 3.70. The first kappa shape index (κ1) is 32.0. The minimum atomic E-state index is -0.404. The van der Waals surface area contributed by atoms with Crippen LogP contribution in [-0.2, 0) is 9.59 Å². The highest BCUT2D eigenvalue weighted by atomic mass is 16.2. The third-order valence-electron chi connectivity index (χ3n) is 8.75. The molecule has 8 rings (SSSR count). The molecule has 0 saturated heterocycles. The molecule has 0 atom stereocenters. The van der Waals surface area contributed by atoms with Gasteiger partial charge in [0.2, 0.25) is 0 Å². The van der Waals surface area contributed by atoms with Gasteiger partial charge in [-0.2, -0.15) is 0 Å². The molecule has 0 unspecified atom stereocenters. The van der Waals surface area contributed by atoms with E-state index in [1.54, 1.807) is 54.6 Å². The molecule has 2 heterocycles. The fourth-order valence-electron chi connectivity index (χ4n) is 6.25. The summed E-state index contributed by atoms with van der Waals surface area (Å²) in [6, 6.07) is 51.9. The number of rotatable bonds is 8. The minimum absolute atomic E-state index is 0.213. The van der Waals surface area contributed by atoms with E-state index in [1.165, 1.54) is 9.80 Å². The van der Waals surface area contributed by atoms with Gasteiger partial charge in [0.15, 0.2) is 5.78 Å². The van der Waals surface area contributed by atoms with E-state index in [9.17, 15) is 14.4 Å². The Morgan fingerprint density at radius 3 is 1.31 bits per heavy atom. The molecule has 0 saturated carbocycles. The molecular formula is C45H30N4O3. The van der Waals surface area contributed by atoms with Crippen LogP contribution in [0.15, 0.2) is 191 Å². The Bertz CT molecular complexity index is 2440. The van der Waals surface area contributed by atoms with E-state index in [-0.39, 0.29) is 23.1 Å². The number of anilines is 2. The van der Waals surface area contributed by atoms with E-state index in [4.69, 9.17) is 9.98 Å². The van der Waals surface area contributed by atoms with Crippen LogP contribution in [0.2, 0.25) is 0 Å². The molecule has 2 amide bonds. The Hall–Kier alpha value is -7.25. The molecule has 6 aromatic rings. The van der Waals surface area contributed by atoms with E-state index >= 15 is 0 Å². The van der Waals surface area contributed by atoms with Crippen LogP contribution in [0.3, 0.4) is 0 Å². The van der Waals surface area contributed by atoms with Crippen molar-refractivity contribution in [3.63, 3.8) is 0 Å². The summed E-state index contributed by atoms with van der Waals surface area (Å²) in [4.78, 5) is 55.9. The van der Waals surface area contributed by atoms with Gasteiger partial charge >= 0.3 is 0 Å². The highest BCUT2D eigenvalue weighted by molar-refractivity contribution is 6.38. The van der Waals surface area contributed by atoms with Crippen molar-refractivity contribution >= 4 is 52.8 Å². The van der Waals surface area contributed by atoms with E-state index in [0.717, 1.165) is 11.1 Å². The van der Waals surface area contributed by atoms with Crippen molar-refractivity contribution in [3.8, 4) is 0 Å². The third kappa shape index (κ3) is 6.19. The lowest BCUT2D eigenvalue weighted by Gasteiger charge is -2.27. The number of hydrogen-bond donors (Lipinski definition) is 0. The number of carbonyl (C=O) groups excluding carboxylic acids is 3. The van der Waals surface area contributed by atoms with Gasteiger partial charge < -0.3 is 0 Å². The summed E-state index contributed by atoms with van der Waals surface area (Å²) in [7, 11) is 0. The summed E-state index contributed by atoms with van der Waals surface area (Å²) in [6.07, 6.45) is 3.49. The van der Waals surface area contributed by atoms with E-state index < -0.39 is 5.91 Å². The molecule has 0 aromatic heterocycles. The first-order valence-corrected chi connectivity index (χ1v) is 16.8. The Morgan fingerprint density at radius 1 is 0.442 bits per heavy atom. The standard InChI is InChI=1S/C45H30N4O3/c50-41(33-20-10-3-11-21-33)36-26-27-39(48-42(34-22-12-4-13-23-34)46-37(44(48)51)28-31-16-6-1-7-17-31)40(30-36)49-43(35-24-14-5-15-25-35)47-38(45(49)52)29-32-18-8-2-9-19-32/h1-30H/b37-28-,38-29-. The maximum absolute atomic E-state index is 14.7. The molecule has 0 N–H and O–H groups in total. The maximum Gasteiger partial charge on any atom is 0.282 e. The van der Waals surface area contributed by atoms with Gasteiger partial charge in [-0.25, -0.2) is 9.98 Å². The summed E-state index contributed by atoms with van der Waals surface area (Å²) in [5.41, 5.74) is 4.97. The summed E-state index contributed by atoms with van der Waals surface area (Å²) >= 11 is 0. The van der Waals surface area contributed by atoms with Crippen LogP contribution in [0.5, 0.6) is 0 Å². The van der Waals surface area contributed by atoms with Gasteiger partial charge in [-0.3, -0.25) is 24.2 Å². The second-order valence-corrected chi connectivity index (χ2v) is 12.2. The van der Waals surface area contributed by atoms with Crippen LogP contribution < -0.4 is 9.80 Å². The van der Waals surface area contributed by atoms with Gasteiger partial charge in [0.25, 0.3) is 11.8 Å². The van der Waals surface area contributed by atoms with Crippen LogP contribution in [-0.4, -0.2) is 29.3 Å². The molecule has 2 aliphatic rings. The van der Waals surface area contributed by atoms with Gasteiger partial charge in [0.05, 0.1) is 11.4 Å². The van der Waals surface area contributed by atoms with Crippen molar-refractivity contribution in [2.24, 2.45) is 9.98 Å². The molecule has 0 fully saturated rings. The molecule has 0 spiro atoms. The highest BCUT2D eigenvalue weighted by Crippen LogP contribution is 2.40. The highest BCUT2D eigenvalue weighted by Gasteiger charge is 2.39. The zero-order valence-corrected chi connectivity index (χ0v) is 27.8. The van der Waals surface area contributed by atoms with E-state index in [2.05, 4.69) is 0 Å². The summed E-state index contributed by atoms with van der Waals surface area (Å²) in [5.74, 6) is -0.258. The number of benzene rings is 6. The average molecular weight is 675 g/mol. The molecule has 2 aliphatic heterocycles. The smallest absolute Gasteiger partial charge is 0.282 e. The molecule has 6 aromatic carbocycles. The van der Waals surface area contributed by atoms with E-state index in [1.807, 2.05) is 127 Å². The molecule has 52 heavy (non-hydrogen) atoms. The molecule has 7 nitrogen and oxygen atoms in total. The second kappa shape index (κ2) is 13.9. The molecule has 0 radical (unpaired) electrons. The first-order chi connectivity index (χ1) is 25.5. The zero-order valence-electron chi connectivity index (χ0n) is 27.8. The maximum atomic E-state index is 14.7. The second-order valence-electron chi connectivity index (χ2n) is 12.2. The van der Waals surface area contributed by atoms with E-state index in [0.29, 0.717) is 45.3 Å². The monoisotopic (exact) mass is 674 g/mol. The lowest BCUT2D eigenvalue weighted by molar-refractivity contribution is -0.114. The summed E-state index contributed by atoms with van der Waals surface area (Å²) in [6.45, 7) is 0. The fraction of sp³-hybridized carbons (Fsp3) is 0. The quantitative estimate of drug-likeness (QED) is 0.120. The zero-order chi connectivity index (χ0) is 35.4. The van der Waals surface area contributed by atoms with Crippen molar-refractivity contribution < 1.29 is 14.4 Å².